The maximum absolute atomic E-state index is 12.3. The highest BCUT2D eigenvalue weighted by Crippen LogP contribution is 2.46. The first kappa shape index (κ1) is 20.1. The second-order valence-electron chi connectivity index (χ2n) is 8.44. The number of halogens is 1. The lowest BCUT2D eigenvalue weighted by atomic mass is 9.81. The summed E-state index contributed by atoms with van der Waals surface area (Å²) in [6.45, 7) is 0.375. The molecular weight excluding hydrogens is 410 g/mol. The molecule has 3 aromatic rings. The van der Waals surface area contributed by atoms with E-state index in [1.165, 1.54) is 31.9 Å². The number of fused-ring (bicyclic) bond motifs is 5. The van der Waals surface area contributed by atoms with Crippen LogP contribution in [0.15, 0.2) is 48.0 Å². The van der Waals surface area contributed by atoms with Crippen molar-refractivity contribution in [2.24, 2.45) is 0 Å². The van der Waals surface area contributed by atoms with E-state index in [4.69, 9.17) is 16.3 Å². The van der Waals surface area contributed by atoms with Gasteiger partial charge >= 0.3 is 5.97 Å². The topological polar surface area (TPSA) is 48.3 Å². The number of ether oxygens (including phenoxy) is 1. The minimum absolute atomic E-state index is 0.366. The van der Waals surface area contributed by atoms with E-state index in [2.05, 4.69) is 10.6 Å². The van der Waals surface area contributed by atoms with Crippen LogP contribution < -0.4 is 0 Å². The molecule has 0 radical (unpaired) electrons. The first-order valence-corrected chi connectivity index (χ1v) is 11.2. The van der Waals surface area contributed by atoms with Gasteiger partial charge in [0.2, 0.25) is 5.24 Å². The van der Waals surface area contributed by atoms with Crippen molar-refractivity contribution in [3.63, 3.8) is 0 Å². The number of carbonyl (C=O) groups excluding carboxylic acids is 2. The maximum Gasteiger partial charge on any atom is 0.337 e. The van der Waals surface area contributed by atoms with Crippen LogP contribution in [0.4, 0.5) is 0 Å². The lowest BCUT2D eigenvalue weighted by Gasteiger charge is -2.24. The van der Waals surface area contributed by atoms with Gasteiger partial charge in [-0.1, -0.05) is 49.6 Å². The van der Waals surface area contributed by atoms with Crippen molar-refractivity contribution >= 4 is 39.8 Å². The fraction of sp³-hybridized carbons (Fsp3) is 0.308. The normalized spacial score (nSPS) is 16.3. The van der Waals surface area contributed by atoms with Gasteiger partial charge in [-0.15, -0.1) is 0 Å². The number of carbonyl (C=O) groups is 2. The number of methoxy groups -OCH3 is 1. The minimum Gasteiger partial charge on any atom is -0.465 e. The Morgan fingerprint density at radius 3 is 2.58 bits per heavy atom. The molecule has 1 fully saturated rings. The Balaban J connectivity index is 1.85. The molecule has 2 aliphatic rings. The van der Waals surface area contributed by atoms with Crippen molar-refractivity contribution in [3.8, 4) is 11.3 Å². The van der Waals surface area contributed by atoms with Gasteiger partial charge in [-0.05, 0) is 59.7 Å². The van der Waals surface area contributed by atoms with E-state index in [9.17, 15) is 9.59 Å². The number of rotatable bonds is 3. The van der Waals surface area contributed by atoms with Crippen LogP contribution in [-0.4, -0.2) is 22.9 Å². The fourth-order valence-corrected chi connectivity index (χ4v) is 5.36. The van der Waals surface area contributed by atoms with Crippen molar-refractivity contribution in [1.82, 2.24) is 4.57 Å². The molecule has 158 valence electrons. The third kappa shape index (κ3) is 3.39. The number of nitrogens with zero attached hydrogens (tertiary/aromatic N) is 1. The summed E-state index contributed by atoms with van der Waals surface area (Å²) in [5.41, 5.74) is 6.57. The van der Waals surface area contributed by atoms with Crippen LogP contribution in [0.25, 0.3) is 28.2 Å². The maximum atomic E-state index is 12.3. The van der Waals surface area contributed by atoms with Crippen LogP contribution in [0.3, 0.4) is 0 Å². The zero-order valence-electron chi connectivity index (χ0n) is 17.5. The van der Waals surface area contributed by atoms with Crippen molar-refractivity contribution in [2.75, 3.05) is 7.11 Å². The second-order valence-corrected chi connectivity index (χ2v) is 8.78. The molecule has 0 N–H and O–H groups in total. The Hall–Kier alpha value is -2.85. The van der Waals surface area contributed by atoms with Crippen LogP contribution in [0.5, 0.6) is 0 Å². The highest BCUT2D eigenvalue weighted by atomic mass is 35.5. The largest absolute Gasteiger partial charge is 0.465 e. The van der Waals surface area contributed by atoms with Crippen LogP contribution in [0.2, 0.25) is 0 Å². The van der Waals surface area contributed by atoms with Gasteiger partial charge in [0.25, 0.3) is 0 Å². The van der Waals surface area contributed by atoms with Crippen molar-refractivity contribution in [1.29, 1.82) is 0 Å². The predicted octanol–water partition coefficient (Wildman–Crippen LogP) is 6.31. The highest BCUT2D eigenvalue weighted by Gasteiger charge is 2.30. The summed E-state index contributed by atoms with van der Waals surface area (Å²) in [4.78, 5) is 24.5. The molecule has 31 heavy (non-hydrogen) atoms. The summed E-state index contributed by atoms with van der Waals surface area (Å²) >= 11 is 5.98. The van der Waals surface area contributed by atoms with Gasteiger partial charge < -0.3 is 9.30 Å². The molecule has 0 amide bonds. The zero-order chi connectivity index (χ0) is 21.5. The molecule has 0 spiro atoms. The fourth-order valence-electron chi connectivity index (χ4n) is 5.24. The SMILES string of the molecule is COC(=O)c1ccc2c(C3CCCCC3)c3n(c2c1)CC(C(=O)Cl)=Cc1ccccc1-3. The van der Waals surface area contributed by atoms with Crippen LogP contribution >= 0.6 is 11.6 Å². The van der Waals surface area contributed by atoms with Gasteiger partial charge in [-0.25, -0.2) is 4.79 Å². The molecule has 0 bridgehead atoms. The molecule has 5 heteroatoms. The monoisotopic (exact) mass is 433 g/mol. The Morgan fingerprint density at radius 1 is 1.06 bits per heavy atom. The quantitative estimate of drug-likeness (QED) is 0.359. The van der Waals surface area contributed by atoms with Gasteiger partial charge in [0, 0.05) is 22.0 Å². The lowest BCUT2D eigenvalue weighted by molar-refractivity contribution is -0.108. The number of benzene rings is 2. The molecule has 2 heterocycles. The zero-order valence-corrected chi connectivity index (χ0v) is 18.2. The number of esters is 1. The summed E-state index contributed by atoms with van der Waals surface area (Å²) in [5.74, 6) is 0.0904. The van der Waals surface area contributed by atoms with Gasteiger partial charge in [0.05, 0.1) is 24.9 Å². The van der Waals surface area contributed by atoms with Gasteiger partial charge in [0.15, 0.2) is 0 Å². The first-order chi connectivity index (χ1) is 15.1. The Morgan fingerprint density at radius 2 is 1.84 bits per heavy atom. The third-order valence-electron chi connectivity index (χ3n) is 6.66. The van der Waals surface area contributed by atoms with E-state index >= 15 is 0 Å². The Kier molecular flexibility index (Phi) is 5.19. The van der Waals surface area contributed by atoms with E-state index in [0.717, 1.165) is 40.6 Å². The van der Waals surface area contributed by atoms with E-state index in [0.29, 0.717) is 23.6 Å². The van der Waals surface area contributed by atoms with Gasteiger partial charge in [0.1, 0.15) is 0 Å². The second kappa shape index (κ2) is 8.01. The van der Waals surface area contributed by atoms with Crippen molar-refractivity contribution in [3.05, 3.63) is 64.7 Å². The molecule has 4 nitrogen and oxygen atoms in total. The molecule has 1 aliphatic carbocycles. The number of hydrogen-bond donors (Lipinski definition) is 0. The molecule has 2 aromatic carbocycles. The van der Waals surface area contributed by atoms with Gasteiger partial charge in [-0.3, -0.25) is 4.79 Å². The molecule has 0 atom stereocenters. The van der Waals surface area contributed by atoms with E-state index in [1.54, 1.807) is 0 Å². The molecule has 0 saturated heterocycles. The summed E-state index contributed by atoms with van der Waals surface area (Å²) < 4.78 is 7.13. The van der Waals surface area contributed by atoms with Crippen molar-refractivity contribution in [2.45, 2.75) is 44.6 Å². The van der Waals surface area contributed by atoms with Gasteiger partial charge in [-0.2, -0.15) is 0 Å². The third-order valence-corrected chi connectivity index (χ3v) is 6.91. The van der Waals surface area contributed by atoms with Crippen LogP contribution in [0, 0.1) is 0 Å². The molecule has 1 aromatic heterocycles. The summed E-state index contributed by atoms with van der Waals surface area (Å²) in [5, 5.41) is 0.695. The first-order valence-electron chi connectivity index (χ1n) is 10.8. The smallest absolute Gasteiger partial charge is 0.337 e. The summed E-state index contributed by atoms with van der Waals surface area (Å²) in [7, 11) is 1.39. The van der Waals surface area contributed by atoms with Crippen LogP contribution in [-0.2, 0) is 16.1 Å². The molecule has 1 saturated carbocycles. The average Bonchev–Trinajstić information content (AvgIpc) is 3.01. The number of aromatic nitrogens is 1. The van der Waals surface area contributed by atoms with E-state index in [-0.39, 0.29) is 5.97 Å². The highest BCUT2D eigenvalue weighted by molar-refractivity contribution is 6.68. The minimum atomic E-state index is -0.451. The molecular formula is C26H24ClNO3. The van der Waals surface area contributed by atoms with Crippen molar-refractivity contribution < 1.29 is 14.3 Å². The Bertz CT molecular complexity index is 1230. The number of allylic oxidation sites excluding steroid dienone is 1. The predicted molar refractivity (Wildman–Crippen MR) is 123 cm³/mol. The lowest BCUT2D eigenvalue weighted by Crippen LogP contribution is -2.08. The van der Waals surface area contributed by atoms with E-state index in [1.807, 2.05) is 42.5 Å². The van der Waals surface area contributed by atoms with E-state index < -0.39 is 5.24 Å². The average molecular weight is 434 g/mol. The molecule has 5 rings (SSSR count). The Labute approximate surface area is 186 Å². The summed E-state index contributed by atoms with van der Waals surface area (Å²) in [6.07, 6.45) is 7.94. The molecule has 0 unspecified atom stereocenters. The standard InChI is InChI=1S/C26H24ClNO3/c1-31-26(30)18-11-12-21-22(14-18)28-15-19(25(27)29)13-17-9-5-6-10-20(17)24(28)23(21)16-7-3-2-4-8-16/h5-6,9-14,16H,2-4,7-8,15H2,1H3. The molecule has 1 aliphatic heterocycles. The van der Waals surface area contributed by atoms with Crippen LogP contribution in [0.1, 0.15) is 59.5 Å². The number of hydrogen-bond acceptors (Lipinski definition) is 3. The summed E-state index contributed by atoms with van der Waals surface area (Å²) in [6, 6.07) is 13.9.